The van der Waals surface area contributed by atoms with Crippen LogP contribution in [0.25, 0.3) is 21.8 Å². The second kappa shape index (κ2) is 8.37. The first-order valence-corrected chi connectivity index (χ1v) is 11.1. The van der Waals surface area contributed by atoms with Gasteiger partial charge in [-0.25, -0.2) is 9.97 Å². The fourth-order valence-corrected chi connectivity index (χ4v) is 4.69. The summed E-state index contributed by atoms with van der Waals surface area (Å²) >= 11 is 6.12. The third-order valence-electron chi connectivity index (χ3n) is 6.11. The highest BCUT2D eigenvalue weighted by atomic mass is 35.5. The molecule has 6 nitrogen and oxygen atoms in total. The molecule has 0 amide bonds. The number of hydrogen-bond acceptors (Lipinski definition) is 5. The van der Waals surface area contributed by atoms with E-state index in [1.807, 2.05) is 13.1 Å². The molecule has 1 saturated carbocycles. The van der Waals surface area contributed by atoms with Crippen molar-refractivity contribution in [2.24, 2.45) is 7.05 Å². The van der Waals surface area contributed by atoms with Crippen LogP contribution in [0.2, 0.25) is 5.02 Å². The lowest BCUT2D eigenvalue weighted by Crippen LogP contribution is -2.34. The van der Waals surface area contributed by atoms with Gasteiger partial charge in [-0.3, -0.25) is 4.68 Å². The van der Waals surface area contributed by atoms with Crippen LogP contribution in [0.15, 0.2) is 42.7 Å². The molecular formula is C23H22ClF3N6. The van der Waals surface area contributed by atoms with Gasteiger partial charge in [-0.05, 0) is 56.0 Å². The first-order chi connectivity index (χ1) is 15.8. The van der Waals surface area contributed by atoms with Gasteiger partial charge in [0.25, 0.3) is 0 Å². The number of alkyl halides is 3. The van der Waals surface area contributed by atoms with Crippen molar-refractivity contribution in [1.82, 2.24) is 19.7 Å². The molecule has 1 aromatic carbocycles. The number of pyridine rings is 2. The number of nitrogens with one attached hydrogen (secondary N) is 2. The topological polar surface area (TPSA) is 67.7 Å². The molecule has 3 heterocycles. The van der Waals surface area contributed by atoms with Gasteiger partial charge >= 0.3 is 6.18 Å². The fraction of sp³-hybridized carbons (Fsp3) is 0.348. The Labute approximate surface area is 193 Å². The van der Waals surface area contributed by atoms with E-state index in [-0.39, 0.29) is 17.6 Å². The molecule has 0 radical (unpaired) electrons. The molecule has 4 aromatic rings. The van der Waals surface area contributed by atoms with Gasteiger partial charge in [0.15, 0.2) is 0 Å². The van der Waals surface area contributed by atoms with Crippen LogP contribution in [0.4, 0.5) is 24.7 Å². The van der Waals surface area contributed by atoms with Crippen LogP contribution in [0, 0.1) is 0 Å². The lowest BCUT2D eigenvalue weighted by Gasteiger charge is -2.32. The standard InChI is InChI=1S/C23H22ClF3N6/c1-33-20-7-8-28-22(17(20)12-29-33)31-15-4-2-3-14(10-15)30-19-11-21(23(25,26)27)32-18-6-5-13(24)9-16(18)19/h5-9,11-12,14-15H,2-4,10H2,1H3,(H,28,31)(H,30,32)/t14-,15+/m0/s1. The Balaban J connectivity index is 1.40. The third-order valence-corrected chi connectivity index (χ3v) is 6.35. The van der Waals surface area contributed by atoms with Crippen molar-refractivity contribution < 1.29 is 13.2 Å². The number of halogens is 4. The summed E-state index contributed by atoms with van der Waals surface area (Å²) in [6.45, 7) is 0. The quantitative estimate of drug-likeness (QED) is 0.378. The SMILES string of the molecule is Cn1ncc2c(N[C@@H]3CCC[C@H](Nc4cc(C(F)(F)F)nc5ccc(Cl)cc45)C3)nccc21. The Morgan fingerprint density at radius 1 is 1.06 bits per heavy atom. The van der Waals surface area contributed by atoms with Gasteiger partial charge in [0, 0.05) is 41.4 Å². The summed E-state index contributed by atoms with van der Waals surface area (Å²) in [5.41, 5.74) is 0.721. The van der Waals surface area contributed by atoms with Crippen molar-refractivity contribution in [2.45, 2.75) is 43.9 Å². The number of nitrogens with zero attached hydrogens (tertiary/aromatic N) is 4. The van der Waals surface area contributed by atoms with E-state index >= 15 is 0 Å². The molecule has 172 valence electrons. The Hall–Kier alpha value is -3.07. The molecule has 1 aliphatic rings. The van der Waals surface area contributed by atoms with E-state index in [4.69, 9.17) is 11.6 Å². The third kappa shape index (κ3) is 4.42. The number of fused-ring (bicyclic) bond motifs is 2. The van der Waals surface area contributed by atoms with Crippen molar-refractivity contribution in [3.8, 4) is 0 Å². The molecule has 2 N–H and O–H groups in total. The summed E-state index contributed by atoms with van der Waals surface area (Å²) in [5, 5.41) is 13.1. The van der Waals surface area contributed by atoms with Gasteiger partial charge in [-0.15, -0.1) is 0 Å². The van der Waals surface area contributed by atoms with Crippen LogP contribution < -0.4 is 10.6 Å². The average molecular weight is 475 g/mol. The summed E-state index contributed by atoms with van der Waals surface area (Å²) in [4.78, 5) is 8.27. The van der Waals surface area contributed by atoms with E-state index < -0.39 is 11.9 Å². The minimum atomic E-state index is -4.53. The van der Waals surface area contributed by atoms with E-state index in [1.165, 1.54) is 6.07 Å². The molecule has 0 bridgehead atoms. The van der Waals surface area contributed by atoms with Crippen LogP contribution in [-0.4, -0.2) is 31.8 Å². The van der Waals surface area contributed by atoms with Crippen LogP contribution in [0.1, 0.15) is 31.4 Å². The molecule has 33 heavy (non-hydrogen) atoms. The van der Waals surface area contributed by atoms with Gasteiger partial charge in [-0.2, -0.15) is 18.3 Å². The van der Waals surface area contributed by atoms with Gasteiger partial charge in [-0.1, -0.05) is 11.6 Å². The minimum absolute atomic E-state index is 0.00461. The Morgan fingerprint density at radius 2 is 1.85 bits per heavy atom. The minimum Gasteiger partial charge on any atom is -0.382 e. The van der Waals surface area contributed by atoms with Gasteiger partial charge in [0.2, 0.25) is 0 Å². The largest absolute Gasteiger partial charge is 0.433 e. The van der Waals surface area contributed by atoms with E-state index in [0.29, 0.717) is 16.1 Å². The summed E-state index contributed by atoms with van der Waals surface area (Å²) in [7, 11) is 1.88. The van der Waals surface area contributed by atoms with Gasteiger partial charge in [0.1, 0.15) is 11.5 Å². The van der Waals surface area contributed by atoms with Crippen LogP contribution in [0.3, 0.4) is 0 Å². The van der Waals surface area contributed by atoms with Crippen LogP contribution in [0.5, 0.6) is 0 Å². The maximum Gasteiger partial charge on any atom is 0.433 e. The maximum atomic E-state index is 13.4. The summed E-state index contributed by atoms with van der Waals surface area (Å²) < 4.78 is 42.1. The van der Waals surface area contributed by atoms with Crippen molar-refractivity contribution in [2.75, 3.05) is 10.6 Å². The molecule has 0 aliphatic heterocycles. The number of hydrogen-bond donors (Lipinski definition) is 2. The highest BCUT2D eigenvalue weighted by molar-refractivity contribution is 6.31. The van der Waals surface area contributed by atoms with Crippen molar-refractivity contribution in [1.29, 1.82) is 0 Å². The Bertz CT molecular complexity index is 1320. The molecule has 0 unspecified atom stereocenters. The summed E-state index contributed by atoms with van der Waals surface area (Å²) in [6.07, 6.45) is 2.49. The van der Waals surface area contributed by atoms with E-state index in [2.05, 4.69) is 25.7 Å². The second-order valence-electron chi connectivity index (χ2n) is 8.42. The van der Waals surface area contributed by atoms with E-state index in [1.54, 1.807) is 29.2 Å². The van der Waals surface area contributed by atoms with Crippen molar-refractivity contribution in [3.05, 3.63) is 53.4 Å². The molecule has 2 atom stereocenters. The Kier molecular flexibility index (Phi) is 5.52. The Morgan fingerprint density at radius 3 is 2.64 bits per heavy atom. The van der Waals surface area contributed by atoms with Crippen molar-refractivity contribution in [3.63, 3.8) is 0 Å². The highest BCUT2D eigenvalue weighted by Crippen LogP contribution is 2.35. The molecule has 3 aromatic heterocycles. The molecule has 1 aliphatic carbocycles. The first kappa shape index (κ1) is 21.8. The number of aryl methyl sites for hydroxylation is 1. The predicted molar refractivity (Wildman–Crippen MR) is 124 cm³/mol. The molecular weight excluding hydrogens is 453 g/mol. The molecule has 0 saturated heterocycles. The van der Waals surface area contributed by atoms with Crippen LogP contribution >= 0.6 is 11.6 Å². The summed E-state index contributed by atoms with van der Waals surface area (Å²) in [6, 6.07) is 7.84. The summed E-state index contributed by atoms with van der Waals surface area (Å²) in [5.74, 6) is 0.770. The number of anilines is 2. The number of aromatic nitrogens is 4. The maximum absolute atomic E-state index is 13.4. The highest BCUT2D eigenvalue weighted by Gasteiger charge is 2.34. The zero-order valence-electron chi connectivity index (χ0n) is 17.8. The average Bonchev–Trinajstić information content (AvgIpc) is 3.15. The zero-order chi connectivity index (χ0) is 23.2. The van der Waals surface area contributed by atoms with E-state index in [9.17, 15) is 13.2 Å². The fourth-order valence-electron chi connectivity index (χ4n) is 4.52. The van der Waals surface area contributed by atoms with Gasteiger partial charge in [0.05, 0.1) is 22.6 Å². The lowest BCUT2D eigenvalue weighted by atomic mass is 9.90. The number of rotatable bonds is 4. The second-order valence-corrected chi connectivity index (χ2v) is 8.86. The van der Waals surface area contributed by atoms with Crippen molar-refractivity contribution >= 4 is 44.9 Å². The van der Waals surface area contributed by atoms with E-state index in [0.717, 1.165) is 48.5 Å². The normalized spacial score (nSPS) is 19.2. The molecule has 5 rings (SSSR count). The van der Waals surface area contributed by atoms with Gasteiger partial charge < -0.3 is 10.6 Å². The molecule has 0 spiro atoms. The number of benzene rings is 1. The predicted octanol–water partition coefficient (Wildman–Crippen LogP) is 6.02. The smallest absolute Gasteiger partial charge is 0.382 e. The molecule has 1 fully saturated rings. The zero-order valence-corrected chi connectivity index (χ0v) is 18.6. The molecule has 10 heteroatoms. The monoisotopic (exact) mass is 474 g/mol. The van der Waals surface area contributed by atoms with Crippen LogP contribution in [-0.2, 0) is 13.2 Å². The first-order valence-electron chi connectivity index (χ1n) is 10.8. The lowest BCUT2D eigenvalue weighted by molar-refractivity contribution is -0.140.